The SMILES string of the molecule is CCCCC(=O)N1CCN(c2ccc(NC(=O)c3cc(OC)cc(OC)c3)cc2)CC1. The van der Waals surface area contributed by atoms with E-state index < -0.39 is 0 Å². The molecule has 7 heteroatoms. The molecular weight excluding hydrogens is 394 g/mol. The van der Waals surface area contributed by atoms with Gasteiger partial charge in [-0.2, -0.15) is 0 Å². The summed E-state index contributed by atoms with van der Waals surface area (Å²) in [6, 6.07) is 12.9. The van der Waals surface area contributed by atoms with Gasteiger partial charge in [0.1, 0.15) is 11.5 Å². The maximum absolute atomic E-state index is 12.6. The van der Waals surface area contributed by atoms with Crippen molar-refractivity contribution in [1.29, 1.82) is 0 Å². The Morgan fingerprint density at radius 3 is 2.10 bits per heavy atom. The zero-order valence-electron chi connectivity index (χ0n) is 18.5. The molecule has 1 heterocycles. The first-order valence-electron chi connectivity index (χ1n) is 10.7. The molecule has 166 valence electrons. The van der Waals surface area contributed by atoms with Crippen molar-refractivity contribution in [2.75, 3.05) is 50.6 Å². The summed E-state index contributed by atoms with van der Waals surface area (Å²) in [7, 11) is 3.10. The van der Waals surface area contributed by atoms with E-state index in [1.54, 1.807) is 32.4 Å². The first-order valence-corrected chi connectivity index (χ1v) is 10.7. The fourth-order valence-corrected chi connectivity index (χ4v) is 3.60. The van der Waals surface area contributed by atoms with E-state index in [1.807, 2.05) is 29.2 Å². The van der Waals surface area contributed by atoms with Crippen LogP contribution in [0.1, 0.15) is 36.5 Å². The molecule has 0 aromatic heterocycles. The number of anilines is 2. The Bertz CT molecular complexity index is 868. The van der Waals surface area contributed by atoms with Gasteiger partial charge in [0.25, 0.3) is 5.91 Å². The van der Waals surface area contributed by atoms with Crippen LogP contribution in [0.15, 0.2) is 42.5 Å². The van der Waals surface area contributed by atoms with Crippen molar-refractivity contribution >= 4 is 23.2 Å². The molecule has 0 unspecified atom stereocenters. The number of ether oxygens (including phenoxy) is 2. The Morgan fingerprint density at radius 2 is 1.55 bits per heavy atom. The average molecular weight is 426 g/mol. The van der Waals surface area contributed by atoms with Gasteiger partial charge in [0.2, 0.25) is 5.91 Å². The monoisotopic (exact) mass is 425 g/mol. The summed E-state index contributed by atoms with van der Waals surface area (Å²) in [4.78, 5) is 29.1. The Kier molecular flexibility index (Phi) is 7.76. The quantitative estimate of drug-likeness (QED) is 0.697. The number of benzene rings is 2. The van der Waals surface area contributed by atoms with Crippen molar-refractivity contribution in [3.8, 4) is 11.5 Å². The topological polar surface area (TPSA) is 71.1 Å². The van der Waals surface area contributed by atoms with E-state index in [1.165, 1.54) is 0 Å². The van der Waals surface area contributed by atoms with E-state index in [4.69, 9.17) is 9.47 Å². The van der Waals surface area contributed by atoms with Gasteiger partial charge >= 0.3 is 0 Å². The number of hydrogen-bond donors (Lipinski definition) is 1. The number of amides is 2. The number of rotatable bonds is 8. The highest BCUT2D eigenvalue weighted by molar-refractivity contribution is 6.04. The van der Waals surface area contributed by atoms with E-state index in [0.29, 0.717) is 29.2 Å². The minimum absolute atomic E-state index is 0.232. The van der Waals surface area contributed by atoms with Crippen molar-refractivity contribution in [1.82, 2.24) is 4.90 Å². The Hall–Kier alpha value is -3.22. The molecule has 1 saturated heterocycles. The van der Waals surface area contributed by atoms with E-state index in [9.17, 15) is 9.59 Å². The second kappa shape index (κ2) is 10.7. The van der Waals surface area contributed by atoms with Crippen molar-refractivity contribution in [2.45, 2.75) is 26.2 Å². The van der Waals surface area contributed by atoms with Gasteiger partial charge < -0.3 is 24.6 Å². The van der Waals surface area contributed by atoms with Gasteiger partial charge in [-0.25, -0.2) is 0 Å². The van der Waals surface area contributed by atoms with Crippen LogP contribution in [0.5, 0.6) is 11.5 Å². The second-order valence-electron chi connectivity index (χ2n) is 7.57. The van der Waals surface area contributed by atoms with Gasteiger partial charge in [0, 0.05) is 55.6 Å². The van der Waals surface area contributed by atoms with E-state index >= 15 is 0 Å². The normalized spacial score (nSPS) is 13.6. The molecule has 0 spiro atoms. The minimum atomic E-state index is -0.232. The number of carbonyl (C=O) groups excluding carboxylic acids is 2. The third-order valence-electron chi connectivity index (χ3n) is 5.48. The fraction of sp³-hybridized carbons (Fsp3) is 0.417. The van der Waals surface area contributed by atoms with Crippen LogP contribution in [0, 0.1) is 0 Å². The largest absolute Gasteiger partial charge is 0.497 e. The van der Waals surface area contributed by atoms with Crippen LogP contribution < -0.4 is 19.7 Å². The summed E-state index contributed by atoms with van der Waals surface area (Å²) in [5, 5.41) is 2.91. The molecule has 7 nitrogen and oxygen atoms in total. The molecule has 2 aromatic carbocycles. The number of nitrogens with one attached hydrogen (secondary N) is 1. The van der Waals surface area contributed by atoms with Crippen LogP contribution in [0.4, 0.5) is 11.4 Å². The van der Waals surface area contributed by atoms with Crippen LogP contribution in [0.25, 0.3) is 0 Å². The number of piperazine rings is 1. The smallest absolute Gasteiger partial charge is 0.255 e. The highest BCUT2D eigenvalue weighted by Crippen LogP contribution is 2.24. The Morgan fingerprint density at radius 1 is 0.935 bits per heavy atom. The number of hydrogen-bond acceptors (Lipinski definition) is 5. The Balaban J connectivity index is 1.57. The van der Waals surface area contributed by atoms with Crippen LogP contribution in [0.3, 0.4) is 0 Å². The van der Waals surface area contributed by atoms with Crippen molar-refractivity contribution < 1.29 is 19.1 Å². The summed E-state index contributed by atoms with van der Waals surface area (Å²) in [6.07, 6.45) is 2.64. The lowest BCUT2D eigenvalue weighted by molar-refractivity contribution is -0.131. The van der Waals surface area contributed by atoms with Crippen molar-refractivity contribution in [2.24, 2.45) is 0 Å². The van der Waals surface area contributed by atoms with Crippen molar-refractivity contribution in [3.63, 3.8) is 0 Å². The molecule has 1 N–H and O–H groups in total. The lowest BCUT2D eigenvalue weighted by Gasteiger charge is -2.36. The van der Waals surface area contributed by atoms with Crippen LogP contribution in [-0.4, -0.2) is 57.1 Å². The molecule has 0 atom stereocenters. The molecule has 2 aromatic rings. The summed E-state index contributed by atoms with van der Waals surface area (Å²) in [5.41, 5.74) is 2.26. The highest BCUT2D eigenvalue weighted by Gasteiger charge is 2.21. The molecule has 3 rings (SSSR count). The summed E-state index contributed by atoms with van der Waals surface area (Å²) >= 11 is 0. The van der Waals surface area contributed by atoms with Gasteiger partial charge in [-0.15, -0.1) is 0 Å². The first-order chi connectivity index (χ1) is 15.0. The standard InChI is InChI=1S/C24H31N3O4/c1-4-5-6-23(28)27-13-11-26(12-14-27)20-9-7-19(8-10-20)25-24(29)18-15-21(30-2)17-22(16-18)31-3/h7-10,15-17H,4-6,11-14H2,1-3H3,(H,25,29). The van der Waals surface area contributed by atoms with Gasteiger partial charge in [0.15, 0.2) is 0 Å². The Labute approximate surface area is 183 Å². The molecule has 1 aliphatic rings. The van der Waals surface area contributed by atoms with Gasteiger partial charge in [0.05, 0.1) is 14.2 Å². The number of nitrogens with zero attached hydrogens (tertiary/aromatic N) is 2. The maximum atomic E-state index is 12.6. The van der Waals surface area contributed by atoms with Gasteiger partial charge in [-0.3, -0.25) is 9.59 Å². The molecule has 0 aliphatic carbocycles. The number of methoxy groups -OCH3 is 2. The summed E-state index contributed by atoms with van der Waals surface area (Å²) in [6.45, 7) is 5.22. The molecule has 0 saturated carbocycles. The maximum Gasteiger partial charge on any atom is 0.255 e. The van der Waals surface area contributed by atoms with Gasteiger partial charge in [-0.05, 0) is 42.8 Å². The van der Waals surface area contributed by atoms with Crippen LogP contribution in [0.2, 0.25) is 0 Å². The number of carbonyl (C=O) groups is 2. The van der Waals surface area contributed by atoms with E-state index in [0.717, 1.165) is 44.7 Å². The summed E-state index contributed by atoms with van der Waals surface area (Å²) in [5.74, 6) is 1.15. The third kappa shape index (κ3) is 5.90. The predicted octanol–water partition coefficient (Wildman–Crippen LogP) is 3.79. The molecule has 0 radical (unpaired) electrons. The fourth-order valence-electron chi connectivity index (χ4n) is 3.60. The third-order valence-corrected chi connectivity index (χ3v) is 5.48. The zero-order chi connectivity index (χ0) is 22.2. The zero-order valence-corrected chi connectivity index (χ0v) is 18.5. The van der Waals surface area contributed by atoms with E-state index in [2.05, 4.69) is 17.1 Å². The summed E-state index contributed by atoms with van der Waals surface area (Å²) < 4.78 is 10.5. The first kappa shape index (κ1) is 22.5. The molecule has 1 fully saturated rings. The second-order valence-corrected chi connectivity index (χ2v) is 7.57. The van der Waals surface area contributed by atoms with Crippen molar-refractivity contribution in [3.05, 3.63) is 48.0 Å². The number of unbranched alkanes of at least 4 members (excludes halogenated alkanes) is 1. The molecule has 31 heavy (non-hydrogen) atoms. The average Bonchev–Trinajstić information content (AvgIpc) is 2.82. The molecule has 2 amide bonds. The predicted molar refractivity (Wildman–Crippen MR) is 122 cm³/mol. The molecular formula is C24H31N3O4. The van der Waals surface area contributed by atoms with Crippen LogP contribution in [-0.2, 0) is 4.79 Å². The highest BCUT2D eigenvalue weighted by atomic mass is 16.5. The lowest BCUT2D eigenvalue weighted by atomic mass is 10.1. The lowest BCUT2D eigenvalue weighted by Crippen LogP contribution is -2.48. The van der Waals surface area contributed by atoms with Gasteiger partial charge in [-0.1, -0.05) is 13.3 Å². The van der Waals surface area contributed by atoms with Crippen LogP contribution >= 0.6 is 0 Å². The minimum Gasteiger partial charge on any atom is -0.497 e. The molecule has 1 aliphatic heterocycles. The van der Waals surface area contributed by atoms with E-state index in [-0.39, 0.29) is 11.8 Å². The molecule has 0 bridgehead atoms.